The molecule has 1 aliphatic heterocycles. The maximum absolute atomic E-state index is 12.8. The third-order valence-electron chi connectivity index (χ3n) is 4.14. The summed E-state index contributed by atoms with van der Waals surface area (Å²) in [5.74, 6) is -0.329. The summed E-state index contributed by atoms with van der Waals surface area (Å²) in [4.78, 5) is 40.2. The molecule has 1 aromatic carbocycles. The molecule has 0 aliphatic carbocycles. The molecule has 3 heterocycles. The van der Waals surface area contributed by atoms with E-state index in [2.05, 4.69) is 42.9 Å². The van der Waals surface area contributed by atoms with Gasteiger partial charge in [-0.15, -0.1) is 0 Å². The van der Waals surface area contributed by atoms with E-state index in [9.17, 15) is 9.59 Å². The highest BCUT2D eigenvalue weighted by atomic mass is 127. The van der Waals surface area contributed by atoms with Crippen LogP contribution in [0.25, 0.3) is 0 Å². The van der Waals surface area contributed by atoms with Crippen LogP contribution in [0.15, 0.2) is 42.9 Å². The third-order valence-corrected chi connectivity index (χ3v) is 6.08. The molecule has 27 heavy (non-hydrogen) atoms. The van der Waals surface area contributed by atoms with E-state index in [1.165, 1.54) is 29.9 Å². The molecule has 1 N–H and O–H groups in total. The van der Waals surface area contributed by atoms with Crippen LogP contribution in [0, 0.1) is 3.57 Å². The van der Waals surface area contributed by atoms with E-state index in [0.717, 1.165) is 14.1 Å². The number of halogens is 1. The highest BCUT2D eigenvalue weighted by Crippen LogP contribution is 2.29. The molecule has 7 nitrogen and oxygen atoms in total. The van der Waals surface area contributed by atoms with Gasteiger partial charge < -0.3 is 4.90 Å². The van der Waals surface area contributed by atoms with Crippen LogP contribution in [-0.2, 0) is 13.0 Å². The topological polar surface area (TPSA) is 88.1 Å². The maximum Gasteiger partial charge on any atom is 0.277 e. The first kappa shape index (κ1) is 18.0. The Morgan fingerprint density at radius 2 is 2.07 bits per heavy atom. The Labute approximate surface area is 173 Å². The molecule has 9 heteroatoms. The Morgan fingerprint density at radius 3 is 2.85 bits per heavy atom. The first-order valence-electron chi connectivity index (χ1n) is 8.21. The molecule has 0 saturated heterocycles. The van der Waals surface area contributed by atoms with Crippen molar-refractivity contribution in [3.8, 4) is 0 Å². The minimum absolute atomic E-state index is 0.0178. The number of benzene rings is 1. The number of hydrogen-bond acceptors (Lipinski definition) is 6. The van der Waals surface area contributed by atoms with Crippen LogP contribution in [0.5, 0.6) is 0 Å². The first-order chi connectivity index (χ1) is 13.1. The van der Waals surface area contributed by atoms with Crippen LogP contribution in [0.3, 0.4) is 0 Å². The zero-order chi connectivity index (χ0) is 18.8. The van der Waals surface area contributed by atoms with Crippen molar-refractivity contribution in [2.45, 2.75) is 13.0 Å². The number of hydrogen-bond donors (Lipinski definition) is 1. The number of nitrogens with zero attached hydrogens (tertiary/aromatic N) is 4. The highest BCUT2D eigenvalue weighted by Gasteiger charge is 2.26. The fraction of sp³-hybridized carbons (Fsp3) is 0.167. The van der Waals surface area contributed by atoms with Gasteiger partial charge in [-0.05, 0) is 34.7 Å². The van der Waals surface area contributed by atoms with Gasteiger partial charge in [0.2, 0.25) is 0 Å². The van der Waals surface area contributed by atoms with Crippen molar-refractivity contribution < 1.29 is 9.59 Å². The molecule has 0 radical (unpaired) electrons. The van der Waals surface area contributed by atoms with Gasteiger partial charge in [-0.25, -0.2) is 9.97 Å². The van der Waals surface area contributed by atoms with Crippen molar-refractivity contribution in [2.75, 3.05) is 11.9 Å². The van der Waals surface area contributed by atoms with Gasteiger partial charge >= 0.3 is 0 Å². The minimum Gasteiger partial charge on any atom is -0.333 e. The smallest absolute Gasteiger partial charge is 0.277 e. The fourth-order valence-corrected chi connectivity index (χ4v) is 4.44. The molecule has 0 spiro atoms. The quantitative estimate of drug-likeness (QED) is 0.570. The third kappa shape index (κ3) is 3.83. The number of fused-ring (bicyclic) bond motifs is 1. The van der Waals surface area contributed by atoms with Gasteiger partial charge in [-0.1, -0.05) is 23.5 Å². The van der Waals surface area contributed by atoms with Gasteiger partial charge in [0.25, 0.3) is 11.8 Å². The molecule has 1 aliphatic rings. The molecule has 136 valence electrons. The van der Waals surface area contributed by atoms with Gasteiger partial charge in [0.1, 0.15) is 5.69 Å². The molecule has 3 aromatic rings. The van der Waals surface area contributed by atoms with E-state index in [1.807, 2.05) is 29.2 Å². The van der Waals surface area contributed by atoms with Crippen LogP contribution >= 0.6 is 33.9 Å². The van der Waals surface area contributed by atoms with Crippen molar-refractivity contribution in [1.82, 2.24) is 19.9 Å². The van der Waals surface area contributed by atoms with Gasteiger partial charge in [-0.3, -0.25) is 19.9 Å². The largest absolute Gasteiger partial charge is 0.333 e. The van der Waals surface area contributed by atoms with Crippen molar-refractivity contribution in [1.29, 1.82) is 0 Å². The second-order valence-corrected chi connectivity index (χ2v) is 8.14. The number of nitrogens with one attached hydrogen (secondary N) is 1. The van der Waals surface area contributed by atoms with E-state index in [1.54, 1.807) is 0 Å². The highest BCUT2D eigenvalue weighted by molar-refractivity contribution is 14.1. The Balaban J connectivity index is 1.49. The summed E-state index contributed by atoms with van der Waals surface area (Å²) in [7, 11) is 0. The standard InChI is InChI=1S/C18H14IN5O2S/c19-12-4-2-1-3-11(12)17(26)24-8-5-13-15(10-24)27-18(22-13)23-16(25)14-9-20-6-7-21-14/h1-4,6-7,9H,5,8,10H2,(H,22,23,25). The number of anilines is 1. The average Bonchev–Trinajstić information content (AvgIpc) is 3.10. The predicted molar refractivity (Wildman–Crippen MR) is 110 cm³/mol. The number of amides is 2. The Hall–Kier alpha value is -2.40. The Morgan fingerprint density at radius 1 is 1.22 bits per heavy atom. The number of thiazole rings is 1. The normalized spacial score (nSPS) is 13.1. The molecule has 0 atom stereocenters. The molecule has 2 amide bonds. The van der Waals surface area contributed by atoms with Crippen molar-refractivity contribution in [2.24, 2.45) is 0 Å². The summed E-state index contributed by atoms with van der Waals surface area (Å²) in [6, 6.07) is 7.56. The van der Waals surface area contributed by atoms with Crippen LogP contribution in [-0.4, -0.2) is 38.2 Å². The van der Waals surface area contributed by atoms with E-state index in [4.69, 9.17) is 0 Å². The maximum atomic E-state index is 12.8. The first-order valence-corrected chi connectivity index (χ1v) is 10.1. The summed E-state index contributed by atoms with van der Waals surface area (Å²) in [5, 5.41) is 3.27. The second kappa shape index (κ2) is 7.69. The lowest BCUT2D eigenvalue weighted by molar-refractivity contribution is 0.0735. The predicted octanol–water partition coefficient (Wildman–Crippen LogP) is 2.99. The molecular weight excluding hydrogens is 477 g/mol. The van der Waals surface area contributed by atoms with Crippen LogP contribution in [0.2, 0.25) is 0 Å². The minimum atomic E-state index is -0.346. The number of rotatable bonds is 3. The van der Waals surface area contributed by atoms with Crippen LogP contribution in [0.4, 0.5) is 5.13 Å². The molecule has 4 rings (SSSR count). The van der Waals surface area contributed by atoms with Gasteiger partial charge in [0, 0.05) is 33.8 Å². The van der Waals surface area contributed by atoms with Crippen molar-refractivity contribution >= 4 is 50.9 Å². The molecule has 0 unspecified atom stereocenters. The van der Waals surface area contributed by atoms with E-state index >= 15 is 0 Å². The molecule has 0 fully saturated rings. The molecular formula is C18H14IN5O2S. The van der Waals surface area contributed by atoms with E-state index in [0.29, 0.717) is 30.2 Å². The van der Waals surface area contributed by atoms with Gasteiger partial charge in [-0.2, -0.15) is 0 Å². The SMILES string of the molecule is O=C(Nc1nc2c(s1)CN(C(=O)c1ccccc1I)CC2)c1cnccn1. The average molecular weight is 491 g/mol. The summed E-state index contributed by atoms with van der Waals surface area (Å²) in [5.41, 5.74) is 1.88. The van der Waals surface area contributed by atoms with Gasteiger partial charge in [0.05, 0.1) is 24.0 Å². The lowest BCUT2D eigenvalue weighted by Gasteiger charge is -2.26. The van der Waals surface area contributed by atoms with Crippen LogP contribution < -0.4 is 5.32 Å². The van der Waals surface area contributed by atoms with Gasteiger partial charge in [0.15, 0.2) is 5.13 Å². The van der Waals surface area contributed by atoms with Crippen LogP contribution in [0.1, 0.15) is 31.4 Å². The summed E-state index contributed by atoms with van der Waals surface area (Å²) < 4.78 is 0.937. The summed E-state index contributed by atoms with van der Waals surface area (Å²) in [6.45, 7) is 1.11. The number of aromatic nitrogens is 3. The summed E-state index contributed by atoms with van der Waals surface area (Å²) in [6.07, 6.45) is 5.06. The second-order valence-electron chi connectivity index (χ2n) is 5.89. The zero-order valence-electron chi connectivity index (χ0n) is 14.1. The molecule has 2 aromatic heterocycles. The van der Waals surface area contributed by atoms with Crippen molar-refractivity contribution in [3.05, 3.63) is 68.3 Å². The molecule has 0 bridgehead atoms. The lowest BCUT2D eigenvalue weighted by atomic mass is 10.1. The lowest BCUT2D eigenvalue weighted by Crippen LogP contribution is -2.35. The monoisotopic (exact) mass is 491 g/mol. The number of carbonyl (C=O) groups excluding carboxylic acids is 2. The van der Waals surface area contributed by atoms with E-state index < -0.39 is 0 Å². The zero-order valence-corrected chi connectivity index (χ0v) is 17.0. The number of carbonyl (C=O) groups is 2. The molecule has 0 saturated carbocycles. The van der Waals surface area contributed by atoms with E-state index in [-0.39, 0.29) is 17.5 Å². The Bertz CT molecular complexity index is 1010. The Kier molecular flexibility index (Phi) is 5.12. The fourth-order valence-electron chi connectivity index (χ4n) is 2.80. The summed E-state index contributed by atoms with van der Waals surface area (Å²) >= 11 is 3.57. The van der Waals surface area contributed by atoms with Crippen molar-refractivity contribution in [3.63, 3.8) is 0 Å².